The molecule has 2 N–H and O–H groups in total. The molecule has 4 amide bonds. The van der Waals surface area contributed by atoms with Crippen molar-refractivity contribution in [2.75, 3.05) is 26.2 Å². The highest BCUT2D eigenvalue weighted by atomic mass is 16.5. The van der Waals surface area contributed by atoms with Crippen LogP contribution in [0.2, 0.25) is 0 Å². The molecule has 1 aromatic heterocycles. The van der Waals surface area contributed by atoms with Crippen LogP contribution in [0.5, 0.6) is 11.5 Å². The largest absolute Gasteiger partial charge is 0.457 e. The van der Waals surface area contributed by atoms with E-state index in [-0.39, 0.29) is 37.5 Å². The fourth-order valence-corrected chi connectivity index (χ4v) is 4.74. The molecule has 1 unspecified atom stereocenters. The molecule has 0 fully saturated rings. The number of rotatable bonds is 10. The van der Waals surface area contributed by atoms with Gasteiger partial charge in [0.2, 0.25) is 5.91 Å². The third-order valence-electron chi connectivity index (χ3n) is 6.54. The van der Waals surface area contributed by atoms with Crippen LogP contribution in [0.1, 0.15) is 17.3 Å². The average Bonchev–Trinajstić information content (AvgIpc) is 3.27. The van der Waals surface area contributed by atoms with Gasteiger partial charge in [-0.15, -0.1) is 6.58 Å². The van der Waals surface area contributed by atoms with Crippen molar-refractivity contribution >= 4 is 17.8 Å². The zero-order chi connectivity index (χ0) is 27.2. The zero-order valence-corrected chi connectivity index (χ0v) is 21.4. The predicted octanol–water partition coefficient (Wildman–Crippen LogP) is 3.58. The standard InChI is InChI=1S/C30H29N5O4/c1-2-17-35-25-19-34(20-26(36)32-16-14-22-10-6-7-15-31-22)29(37)27(25)28(33-30(35)38)21-9-8-13-24(18-21)39-23-11-4-3-5-12-23/h2-13,15,18,28H,1,14,16-17,19-20H2,(H,32,36)(H,33,38). The first-order valence-electron chi connectivity index (χ1n) is 12.7. The molecule has 2 aliphatic rings. The van der Waals surface area contributed by atoms with Crippen molar-refractivity contribution in [2.45, 2.75) is 12.5 Å². The van der Waals surface area contributed by atoms with Crippen molar-refractivity contribution in [1.82, 2.24) is 25.4 Å². The highest BCUT2D eigenvalue weighted by molar-refractivity contribution is 6.03. The number of urea groups is 1. The lowest BCUT2D eigenvalue weighted by molar-refractivity contribution is -0.131. The number of benzene rings is 2. The quantitative estimate of drug-likeness (QED) is 0.396. The molecule has 0 spiro atoms. The lowest BCUT2D eigenvalue weighted by atomic mass is 9.95. The van der Waals surface area contributed by atoms with E-state index in [0.29, 0.717) is 41.3 Å². The Bertz CT molecular complexity index is 1410. The van der Waals surface area contributed by atoms with Crippen molar-refractivity contribution in [3.63, 3.8) is 0 Å². The van der Waals surface area contributed by atoms with E-state index in [0.717, 1.165) is 5.69 Å². The Morgan fingerprint density at radius 3 is 2.64 bits per heavy atom. The van der Waals surface area contributed by atoms with Crippen LogP contribution in [-0.2, 0) is 16.0 Å². The van der Waals surface area contributed by atoms with Crippen LogP contribution >= 0.6 is 0 Å². The van der Waals surface area contributed by atoms with Crippen LogP contribution in [-0.4, -0.2) is 58.8 Å². The molecule has 1 atom stereocenters. The molecule has 0 saturated carbocycles. The maximum atomic E-state index is 13.6. The van der Waals surface area contributed by atoms with Crippen molar-refractivity contribution in [3.05, 3.63) is 114 Å². The van der Waals surface area contributed by atoms with Gasteiger partial charge in [-0.2, -0.15) is 0 Å². The fourth-order valence-electron chi connectivity index (χ4n) is 4.74. The van der Waals surface area contributed by atoms with Gasteiger partial charge in [0.1, 0.15) is 18.0 Å². The lowest BCUT2D eigenvalue weighted by Gasteiger charge is -2.33. The molecule has 0 bridgehead atoms. The first-order valence-corrected chi connectivity index (χ1v) is 12.7. The van der Waals surface area contributed by atoms with Gasteiger partial charge >= 0.3 is 6.03 Å². The third-order valence-corrected chi connectivity index (χ3v) is 6.54. The van der Waals surface area contributed by atoms with E-state index in [4.69, 9.17) is 4.74 Å². The summed E-state index contributed by atoms with van der Waals surface area (Å²) in [6.07, 6.45) is 3.90. The van der Waals surface area contributed by atoms with Crippen LogP contribution in [0.4, 0.5) is 4.79 Å². The zero-order valence-electron chi connectivity index (χ0n) is 21.4. The minimum absolute atomic E-state index is 0.117. The second-order valence-corrected chi connectivity index (χ2v) is 9.21. The number of ether oxygens (including phenoxy) is 1. The molecule has 0 saturated heterocycles. The number of para-hydroxylation sites is 1. The molecule has 39 heavy (non-hydrogen) atoms. The van der Waals surface area contributed by atoms with E-state index in [9.17, 15) is 14.4 Å². The Morgan fingerprint density at radius 2 is 1.87 bits per heavy atom. The van der Waals surface area contributed by atoms with Crippen molar-refractivity contribution < 1.29 is 19.1 Å². The van der Waals surface area contributed by atoms with E-state index >= 15 is 0 Å². The number of nitrogens with zero attached hydrogens (tertiary/aromatic N) is 3. The van der Waals surface area contributed by atoms with Gasteiger partial charge in [0.05, 0.1) is 23.9 Å². The summed E-state index contributed by atoms with van der Waals surface area (Å²) >= 11 is 0. The number of aromatic nitrogens is 1. The number of carbonyl (C=O) groups is 3. The van der Waals surface area contributed by atoms with Gasteiger partial charge < -0.3 is 20.3 Å². The average molecular weight is 524 g/mol. The van der Waals surface area contributed by atoms with Crippen molar-refractivity contribution in [1.29, 1.82) is 0 Å². The van der Waals surface area contributed by atoms with Gasteiger partial charge in [-0.25, -0.2) is 4.79 Å². The van der Waals surface area contributed by atoms with Gasteiger partial charge in [-0.1, -0.05) is 42.5 Å². The number of nitrogens with one attached hydrogen (secondary N) is 2. The molecular weight excluding hydrogens is 494 g/mol. The Balaban J connectivity index is 1.33. The van der Waals surface area contributed by atoms with Gasteiger partial charge in [0.15, 0.2) is 0 Å². The Labute approximate surface area is 226 Å². The van der Waals surface area contributed by atoms with Gasteiger partial charge in [0, 0.05) is 31.4 Å². The molecule has 5 rings (SSSR count). The van der Waals surface area contributed by atoms with Crippen LogP contribution in [0.3, 0.4) is 0 Å². The number of pyridine rings is 1. The predicted molar refractivity (Wildman–Crippen MR) is 146 cm³/mol. The fraction of sp³-hybridized carbons (Fsp3) is 0.200. The summed E-state index contributed by atoms with van der Waals surface area (Å²) < 4.78 is 5.97. The lowest BCUT2D eigenvalue weighted by Crippen LogP contribution is -2.47. The Morgan fingerprint density at radius 1 is 1.08 bits per heavy atom. The van der Waals surface area contributed by atoms with Crippen molar-refractivity contribution in [3.8, 4) is 11.5 Å². The minimum atomic E-state index is -0.683. The summed E-state index contributed by atoms with van der Waals surface area (Å²) in [6, 6.07) is 21.3. The summed E-state index contributed by atoms with van der Waals surface area (Å²) in [5, 5.41) is 5.82. The first-order chi connectivity index (χ1) is 19.0. The molecule has 0 aliphatic carbocycles. The number of hydrogen-bond donors (Lipinski definition) is 2. The number of hydrogen-bond acceptors (Lipinski definition) is 5. The SMILES string of the molecule is C=CCN1C(=O)NC(c2cccc(Oc3ccccc3)c2)C2=C1CN(CC(=O)NCCc1ccccn1)C2=O. The van der Waals surface area contributed by atoms with E-state index in [1.54, 1.807) is 12.3 Å². The summed E-state index contributed by atoms with van der Waals surface area (Å²) in [5.41, 5.74) is 2.59. The first kappa shape index (κ1) is 25.7. The Kier molecular flexibility index (Phi) is 7.68. The molecule has 9 heteroatoms. The third kappa shape index (κ3) is 5.82. The molecule has 0 radical (unpaired) electrons. The molecule has 2 aromatic carbocycles. The molecule has 2 aliphatic heterocycles. The smallest absolute Gasteiger partial charge is 0.322 e. The molecule has 9 nitrogen and oxygen atoms in total. The topological polar surface area (TPSA) is 104 Å². The van der Waals surface area contributed by atoms with Crippen LogP contribution in [0.15, 0.2) is 103 Å². The monoisotopic (exact) mass is 523 g/mol. The molecule has 3 aromatic rings. The second kappa shape index (κ2) is 11.6. The molecular formula is C30H29N5O4. The molecule has 3 heterocycles. The summed E-state index contributed by atoms with van der Waals surface area (Å²) in [5.74, 6) is 0.691. The van der Waals surface area contributed by atoms with Gasteiger partial charge in [0.25, 0.3) is 5.91 Å². The van der Waals surface area contributed by atoms with Crippen LogP contribution < -0.4 is 15.4 Å². The summed E-state index contributed by atoms with van der Waals surface area (Å²) in [6.45, 7) is 4.43. The minimum Gasteiger partial charge on any atom is -0.457 e. The highest BCUT2D eigenvalue weighted by Crippen LogP contribution is 2.37. The van der Waals surface area contributed by atoms with E-state index in [2.05, 4.69) is 22.2 Å². The second-order valence-electron chi connectivity index (χ2n) is 9.21. The highest BCUT2D eigenvalue weighted by Gasteiger charge is 2.44. The molecule has 198 valence electrons. The van der Waals surface area contributed by atoms with Crippen LogP contribution in [0, 0.1) is 0 Å². The van der Waals surface area contributed by atoms with E-state index in [1.165, 1.54) is 9.80 Å². The van der Waals surface area contributed by atoms with Crippen molar-refractivity contribution in [2.24, 2.45) is 0 Å². The summed E-state index contributed by atoms with van der Waals surface area (Å²) in [7, 11) is 0. The van der Waals surface area contributed by atoms with Crippen LogP contribution in [0.25, 0.3) is 0 Å². The Hall–Kier alpha value is -4.92. The normalized spacial score (nSPS) is 16.6. The van der Waals surface area contributed by atoms with Gasteiger partial charge in [-0.05, 0) is 42.0 Å². The maximum absolute atomic E-state index is 13.6. The van der Waals surface area contributed by atoms with Gasteiger partial charge in [-0.3, -0.25) is 19.5 Å². The van der Waals surface area contributed by atoms with E-state index in [1.807, 2.05) is 72.8 Å². The number of carbonyl (C=O) groups excluding carboxylic acids is 3. The van der Waals surface area contributed by atoms with E-state index < -0.39 is 6.04 Å². The maximum Gasteiger partial charge on any atom is 0.322 e. The summed E-state index contributed by atoms with van der Waals surface area (Å²) in [4.78, 5) is 46.6. The number of amides is 4.